The Morgan fingerprint density at radius 1 is 1.33 bits per heavy atom. The molecular formula is C17H15BrO3. The van der Waals surface area contributed by atoms with E-state index in [4.69, 9.17) is 9.47 Å². The zero-order valence-corrected chi connectivity index (χ0v) is 13.2. The maximum Gasteiger partial charge on any atom is 0.194 e. The molecule has 0 bridgehead atoms. The molecule has 1 saturated heterocycles. The van der Waals surface area contributed by atoms with E-state index in [1.807, 2.05) is 43.3 Å². The molecular weight excluding hydrogens is 332 g/mol. The Morgan fingerprint density at radius 3 is 2.81 bits per heavy atom. The summed E-state index contributed by atoms with van der Waals surface area (Å²) in [6, 6.07) is 13.0. The van der Waals surface area contributed by atoms with E-state index in [0.717, 1.165) is 22.4 Å². The minimum absolute atomic E-state index is 0.00245. The van der Waals surface area contributed by atoms with Crippen molar-refractivity contribution in [1.29, 1.82) is 0 Å². The molecule has 1 fully saturated rings. The van der Waals surface area contributed by atoms with Gasteiger partial charge in [-0.25, -0.2) is 0 Å². The lowest BCUT2D eigenvalue weighted by atomic mass is 10.0. The molecule has 2 aromatic carbocycles. The number of aryl methyl sites for hydroxylation is 1. The maximum absolute atomic E-state index is 12.5. The van der Waals surface area contributed by atoms with Crippen molar-refractivity contribution >= 4 is 21.7 Å². The van der Waals surface area contributed by atoms with E-state index in [9.17, 15) is 4.79 Å². The van der Waals surface area contributed by atoms with Crippen molar-refractivity contribution in [3.05, 3.63) is 63.6 Å². The van der Waals surface area contributed by atoms with Crippen LogP contribution in [0.25, 0.3) is 0 Å². The molecule has 0 radical (unpaired) electrons. The average Bonchev–Trinajstić information content (AvgIpc) is 3.29. The number of ether oxygens (including phenoxy) is 2. The lowest BCUT2D eigenvalue weighted by Crippen LogP contribution is -2.06. The summed E-state index contributed by atoms with van der Waals surface area (Å²) in [6.45, 7) is 3.30. The Hall–Kier alpha value is -1.65. The number of carbonyl (C=O) groups is 1. The second-order valence-corrected chi connectivity index (χ2v) is 5.96. The Kier molecular flexibility index (Phi) is 4.08. The van der Waals surface area contributed by atoms with Crippen LogP contribution in [0.15, 0.2) is 46.9 Å². The smallest absolute Gasteiger partial charge is 0.194 e. The highest BCUT2D eigenvalue weighted by molar-refractivity contribution is 9.10. The zero-order valence-electron chi connectivity index (χ0n) is 11.6. The van der Waals surface area contributed by atoms with Crippen LogP contribution in [-0.4, -0.2) is 25.1 Å². The lowest BCUT2D eigenvalue weighted by molar-refractivity contribution is 0.103. The van der Waals surface area contributed by atoms with E-state index in [2.05, 4.69) is 15.9 Å². The van der Waals surface area contributed by atoms with Gasteiger partial charge < -0.3 is 9.47 Å². The molecule has 3 rings (SSSR count). The van der Waals surface area contributed by atoms with E-state index < -0.39 is 0 Å². The summed E-state index contributed by atoms with van der Waals surface area (Å²) < 4.78 is 11.4. The Balaban J connectivity index is 1.79. The minimum Gasteiger partial charge on any atom is -0.491 e. The number of epoxide rings is 1. The molecule has 0 amide bonds. The zero-order chi connectivity index (χ0) is 14.8. The minimum atomic E-state index is 0.00245. The fourth-order valence-electron chi connectivity index (χ4n) is 2.07. The number of hydrogen-bond acceptors (Lipinski definition) is 3. The van der Waals surface area contributed by atoms with E-state index in [1.54, 1.807) is 6.07 Å². The van der Waals surface area contributed by atoms with Gasteiger partial charge in [-0.1, -0.05) is 23.8 Å². The number of rotatable bonds is 5. The standard InChI is InChI=1S/C17H15BrO3/c1-11-3-2-4-12(7-11)17(19)15-6-5-13(8-16(15)18)20-9-14-10-21-14/h2-8,14H,9-10H2,1H3. The van der Waals surface area contributed by atoms with Crippen molar-refractivity contribution < 1.29 is 14.3 Å². The third-order valence-corrected chi connectivity index (χ3v) is 3.96. The van der Waals surface area contributed by atoms with E-state index in [1.165, 1.54) is 0 Å². The van der Waals surface area contributed by atoms with Crippen molar-refractivity contribution in [2.45, 2.75) is 13.0 Å². The number of benzene rings is 2. The molecule has 1 unspecified atom stereocenters. The van der Waals surface area contributed by atoms with Gasteiger partial charge in [-0.3, -0.25) is 4.79 Å². The Labute approximate surface area is 132 Å². The van der Waals surface area contributed by atoms with Crippen LogP contribution in [-0.2, 0) is 4.74 Å². The van der Waals surface area contributed by atoms with Crippen LogP contribution in [0, 0.1) is 6.92 Å². The summed E-state index contributed by atoms with van der Waals surface area (Å²) in [5.74, 6) is 0.737. The molecule has 0 saturated carbocycles. The molecule has 0 aromatic heterocycles. The predicted molar refractivity (Wildman–Crippen MR) is 84.0 cm³/mol. The predicted octanol–water partition coefficient (Wildman–Crippen LogP) is 3.77. The van der Waals surface area contributed by atoms with E-state index in [0.29, 0.717) is 17.7 Å². The molecule has 21 heavy (non-hydrogen) atoms. The molecule has 1 heterocycles. The molecule has 0 spiro atoms. The van der Waals surface area contributed by atoms with Crippen LogP contribution in [0.5, 0.6) is 5.75 Å². The van der Waals surface area contributed by atoms with Gasteiger partial charge >= 0.3 is 0 Å². The molecule has 1 aliphatic rings. The fraction of sp³-hybridized carbons (Fsp3) is 0.235. The quantitative estimate of drug-likeness (QED) is 0.611. The second-order valence-electron chi connectivity index (χ2n) is 5.11. The first-order valence-corrected chi connectivity index (χ1v) is 7.58. The van der Waals surface area contributed by atoms with Gasteiger partial charge in [-0.15, -0.1) is 0 Å². The summed E-state index contributed by atoms with van der Waals surface area (Å²) in [5.41, 5.74) is 2.40. The largest absolute Gasteiger partial charge is 0.491 e. The first kappa shape index (κ1) is 14.3. The van der Waals surface area contributed by atoms with E-state index >= 15 is 0 Å². The highest BCUT2D eigenvalue weighted by Crippen LogP contribution is 2.26. The van der Waals surface area contributed by atoms with Crippen molar-refractivity contribution in [2.75, 3.05) is 13.2 Å². The molecule has 4 heteroatoms. The van der Waals surface area contributed by atoms with Crippen LogP contribution in [0.4, 0.5) is 0 Å². The van der Waals surface area contributed by atoms with Gasteiger partial charge in [0.05, 0.1) is 6.61 Å². The molecule has 1 aliphatic heterocycles. The maximum atomic E-state index is 12.5. The van der Waals surface area contributed by atoms with Gasteiger partial charge in [-0.05, 0) is 47.1 Å². The molecule has 108 valence electrons. The van der Waals surface area contributed by atoms with E-state index in [-0.39, 0.29) is 11.9 Å². The topological polar surface area (TPSA) is 38.8 Å². The molecule has 0 N–H and O–H groups in total. The Bertz CT molecular complexity index is 677. The second kappa shape index (κ2) is 6.00. The third kappa shape index (κ3) is 3.52. The van der Waals surface area contributed by atoms with Gasteiger partial charge in [0, 0.05) is 15.6 Å². The van der Waals surface area contributed by atoms with Gasteiger partial charge in [0.2, 0.25) is 0 Å². The number of carbonyl (C=O) groups excluding carboxylic acids is 1. The molecule has 1 atom stereocenters. The van der Waals surface area contributed by atoms with Gasteiger partial charge in [0.25, 0.3) is 0 Å². The van der Waals surface area contributed by atoms with Crippen molar-refractivity contribution in [1.82, 2.24) is 0 Å². The summed E-state index contributed by atoms with van der Waals surface area (Å²) in [7, 11) is 0. The summed E-state index contributed by atoms with van der Waals surface area (Å²) >= 11 is 3.45. The fourth-order valence-corrected chi connectivity index (χ4v) is 2.60. The van der Waals surface area contributed by atoms with Crippen LogP contribution < -0.4 is 4.74 Å². The van der Waals surface area contributed by atoms with Crippen molar-refractivity contribution in [3.63, 3.8) is 0 Å². The van der Waals surface area contributed by atoms with Crippen LogP contribution >= 0.6 is 15.9 Å². The molecule has 2 aromatic rings. The third-order valence-electron chi connectivity index (χ3n) is 3.30. The van der Waals surface area contributed by atoms with Crippen molar-refractivity contribution in [3.8, 4) is 5.75 Å². The highest BCUT2D eigenvalue weighted by Gasteiger charge is 2.23. The Morgan fingerprint density at radius 2 is 2.14 bits per heavy atom. The average molecular weight is 347 g/mol. The van der Waals surface area contributed by atoms with Crippen LogP contribution in [0.3, 0.4) is 0 Å². The number of ketones is 1. The van der Waals surface area contributed by atoms with Gasteiger partial charge in [0.1, 0.15) is 18.5 Å². The van der Waals surface area contributed by atoms with Gasteiger partial charge in [0.15, 0.2) is 5.78 Å². The molecule has 0 aliphatic carbocycles. The van der Waals surface area contributed by atoms with Crippen LogP contribution in [0.1, 0.15) is 21.5 Å². The first-order valence-electron chi connectivity index (χ1n) is 6.79. The van der Waals surface area contributed by atoms with Gasteiger partial charge in [-0.2, -0.15) is 0 Å². The summed E-state index contributed by atoms with van der Waals surface area (Å²) in [4.78, 5) is 12.5. The molecule has 3 nitrogen and oxygen atoms in total. The number of halogens is 1. The summed E-state index contributed by atoms with van der Waals surface area (Å²) in [5, 5.41) is 0. The lowest BCUT2D eigenvalue weighted by Gasteiger charge is -2.08. The van der Waals surface area contributed by atoms with Crippen LogP contribution in [0.2, 0.25) is 0 Å². The highest BCUT2D eigenvalue weighted by atomic mass is 79.9. The normalized spacial score (nSPS) is 16.6. The monoisotopic (exact) mass is 346 g/mol. The summed E-state index contributed by atoms with van der Waals surface area (Å²) in [6.07, 6.45) is 0.220. The number of hydrogen-bond donors (Lipinski definition) is 0. The SMILES string of the molecule is Cc1cccc(C(=O)c2ccc(OCC3CO3)cc2Br)c1. The van der Waals surface area contributed by atoms with Crippen molar-refractivity contribution in [2.24, 2.45) is 0 Å². The first-order chi connectivity index (χ1) is 10.1.